The minimum atomic E-state index is -0.998. The third kappa shape index (κ3) is 2.78. The normalized spacial score (nSPS) is 24.1. The fourth-order valence-corrected chi connectivity index (χ4v) is 2.75. The molecule has 1 aromatic heterocycles. The predicted octanol–water partition coefficient (Wildman–Crippen LogP) is 2.87. The van der Waals surface area contributed by atoms with Crippen LogP contribution in [0.5, 0.6) is 0 Å². The zero-order chi connectivity index (χ0) is 10.8. The van der Waals surface area contributed by atoms with Gasteiger partial charge in [-0.05, 0) is 36.1 Å². The lowest BCUT2D eigenvalue weighted by molar-refractivity contribution is 0.0661. The van der Waals surface area contributed by atoms with Crippen molar-refractivity contribution in [2.24, 2.45) is 11.8 Å². The van der Waals surface area contributed by atoms with Gasteiger partial charge < -0.3 is 9.52 Å². The van der Waals surface area contributed by atoms with Gasteiger partial charge in [0.15, 0.2) is 0 Å². The summed E-state index contributed by atoms with van der Waals surface area (Å²) in [4.78, 5) is 10.5. The largest absolute Gasteiger partial charge is 0.475 e. The number of hydrogen-bond donors (Lipinski definition) is 1. The van der Waals surface area contributed by atoms with Crippen molar-refractivity contribution in [1.29, 1.82) is 0 Å². The highest BCUT2D eigenvalue weighted by molar-refractivity contribution is 7.98. The molecule has 1 N–H and O–H groups in total. The summed E-state index contributed by atoms with van der Waals surface area (Å²) < 4.78 is 5.15. The van der Waals surface area contributed by atoms with Gasteiger partial charge in [-0.15, -0.1) is 0 Å². The van der Waals surface area contributed by atoms with E-state index in [-0.39, 0.29) is 5.76 Å². The van der Waals surface area contributed by atoms with Crippen LogP contribution in [0.4, 0.5) is 0 Å². The zero-order valence-electron chi connectivity index (χ0n) is 8.60. The lowest BCUT2D eigenvalue weighted by Gasteiger charge is -1.96. The molecule has 0 aromatic carbocycles. The fraction of sp³-hybridized carbons (Fsp3) is 0.545. The molecule has 4 heteroatoms. The highest BCUT2D eigenvalue weighted by Gasteiger charge is 2.31. The van der Waals surface area contributed by atoms with E-state index in [9.17, 15) is 4.79 Å². The molecule has 0 bridgehead atoms. The van der Waals surface area contributed by atoms with Crippen LogP contribution in [0.2, 0.25) is 0 Å². The van der Waals surface area contributed by atoms with Gasteiger partial charge >= 0.3 is 5.97 Å². The maximum atomic E-state index is 10.5. The van der Waals surface area contributed by atoms with E-state index in [1.807, 2.05) is 11.8 Å². The minimum absolute atomic E-state index is 0.0328. The first-order valence-electron chi connectivity index (χ1n) is 5.06. The summed E-state index contributed by atoms with van der Waals surface area (Å²) in [5.74, 6) is 3.46. The molecular weight excluding hydrogens is 212 g/mol. The Morgan fingerprint density at radius 3 is 2.93 bits per heavy atom. The maximum Gasteiger partial charge on any atom is 0.371 e. The van der Waals surface area contributed by atoms with Crippen LogP contribution in [-0.4, -0.2) is 16.8 Å². The summed E-state index contributed by atoms with van der Waals surface area (Å²) in [5.41, 5.74) is 0. The summed E-state index contributed by atoms with van der Waals surface area (Å²) in [6, 6.07) is 3.25. The molecule has 1 saturated carbocycles. The number of carboxylic acid groups (broad SMARTS) is 1. The molecule has 3 nitrogen and oxygen atoms in total. The number of carboxylic acids is 1. The second-order valence-electron chi connectivity index (χ2n) is 4.06. The molecule has 15 heavy (non-hydrogen) atoms. The molecule has 2 unspecified atom stereocenters. The Morgan fingerprint density at radius 1 is 1.67 bits per heavy atom. The van der Waals surface area contributed by atoms with E-state index in [0.29, 0.717) is 0 Å². The quantitative estimate of drug-likeness (QED) is 0.838. The lowest BCUT2D eigenvalue weighted by Crippen LogP contribution is -1.92. The summed E-state index contributed by atoms with van der Waals surface area (Å²) in [6.45, 7) is 2.26. The summed E-state index contributed by atoms with van der Waals surface area (Å²) in [6.07, 6.45) is 1.34. The van der Waals surface area contributed by atoms with Crippen LogP contribution in [0.25, 0.3) is 0 Å². The van der Waals surface area contributed by atoms with Crippen LogP contribution < -0.4 is 0 Å². The van der Waals surface area contributed by atoms with Crippen molar-refractivity contribution in [3.8, 4) is 0 Å². The van der Waals surface area contributed by atoms with Crippen molar-refractivity contribution in [3.63, 3.8) is 0 Å². The van der Waals surface area contributed by atoms with E-state index in [4.69, 9.17) is 9.52 Å². The first-order valence-corrected chi connectivity index (χ1v) is 6.22. The van der Waals surface area contributed by atoms with Gasteiger partial charge in [0.1, 0.15) is 5.76 Å². The van der Waals surface area contributed by atoms with Gasteiger partial charge in [-0.2, -0.15) is 11.8 Å². The lowest BCUT2D eigenvalue weighted by atomic mass is 10.4. The van der Waals surface area contributed by atoms with Crippen molar-refractivity contribution < 1.29 is 14.3 Å². The number of aromatic carboxylic acids is 1. The molecule has 1 fully saturated rings. The first kappa shape index (κ1) is 10.6. The van der Waals surface area contributed by atoms with E-state index >= 15 is 0 Å². The van der Waals surface area contributed by atoms with E-state index in [0.717, 1.165) is 29.1 Å². The summed E-state index contributed by atoms with van der Waals surface area (Å²) >= 11 is 1.82. The number of rotatable bonds is 5. The van der Waals surface area contributed by atoms with Gasteiger partial charge in [-0.3, -0.25) is 0 Å². The van der Waals surface area contributed by atoms with E-state index < -0.39 is 5.97 Å². The molecule has 2 rings (SSSR count). The van der Waals surface area contributed by atoms with Crippen LogP contribution in [0, 0.1) is 11.8 Å². The standard InChI is InChI=1S/C11H14O3S/c1-7-4-8(7)5-15-6-9-2-3-10(14-9)11(12)13/h2-3,7-8H,4-6H2,1H3,(H,12,13). The van der Waals surface area contributed by atoms with Crippen molar-refractivity contribution in [2.75, 3.05) is 5.75 Å². The van der Waals surface area contributed by atoms with Gasteiger partial charge in [0.25, 0.3) is 0 Å². The third-order valence-corrected chi connectivity index (χ3v) is 3.88. The molecule has 1 aliphatic rings. The molecule has 0 spiro atoms. The number of furan rings is 1. The first-order chi connectivity index (χ1) is 7.16. The Labute approximate surface area is 92.9 Å². The highest BCUT2D eigenvalue weighted by atomic mass is 32.2. The van der Waals surface area contributed by atoms with E-state index in [2.05, 4.69) is 6.92 Å². The molecule has 1 aromatic rings. The van der Waals surface area contributed by atoms with Gasteiger partial charge in [0.2, 0.25) is 5.76 Å². The van der Waals surface area contributed by atoms with Crippen molar-refractivity contribution in [3.05, 3.63) is 23.7 Å². The number of hydrogen-bond acceptors (Lipinski definition) is 3. The fourth-order valence-electron chi connectivity index (χ4n) is 1.51. The smallest absolute Gasteiger partial charge is 0.371 e. The predicted molar refractivity (Wildman–Crippen MR) is 59.1 cm³/mol. The molecule has 0 amide bonds. The Hall–Kier alpha value is -0.900. The van der Waals surface area contributed by atoms with Crippen LogP contribution >= 0.6 is 11.8 Å². The molecular formula is C11H14O3S. The maximum absolute atomic E-state index is 10.5. The van der Waals surface area contributed by atoms with Crippen molar-refractivity contribution in [2.45, 2.75) is 19.1 Å². The average molecular weight is 226 g/mol. The molecule has 82 valence electrons. The third-order valence-electron chi connectivity index (χ3n) is 2.72. The van der Waals surface area contributed by atoms with E-state index in [1.54, 1.807) is 6.07 Å². The molecule has 2 atom stereocenters. The Kier molecular flexibility index (Phi) is 3.05. The van der Waals surface area contributed by atoms with Gasteiger partial charge in [0, 0.05) is 0 Å². The second kappa shape index (κ2) is 4.31. The van der Waals surface area contributed by atoms with Gasteiger partial charge in [-0.1, -0.05) is 6.92 Å². The summed E-state index contributed by atoms with van der Waals surface area (Å²) in [7, 11) is 0. The monoisotopic (exact) mass is 226 g/mol. The minimum Gasteiger partial charge on any atom is -0.475 e. The molecule has 1 aliphatic carbocycles. The molecule has 0 radical (unpaired) electrons. The van der Waals surface area contributed by atoms with E-state index in [1.165, 1.54) is 12.5 Å². The molecule has 0 aliphatic heterocycles. The topological polar surface area (TPSA) is 50.4 Å². The van der Waals surface area contributed by atoms with Crippen LogP contribution in [0.1, 0.15) is 29.7 Å². The Morgan fingerprint density at radius 2 is 2.40 bits per heavy atom. The highest BCUT2D eigenvalue weighted by Crippen LogP contribution is 2.40. The van der Waals surface area contributed by atoms with Crippen molar-refractivity contribution in [1.82, 2.24) is 0 Å². The number of thioether (sulfide) groups is 1. The van der Waals surface area contributed by atoms with Crippen LogP contribution in [0.3, 0.4) is 0 Å². The van der Waals surface area contributed by atoms with Gasteiger partial charge in [0.05, 0.1) is 5.75 Å². The number of carbonyl (C=O) groups is 1. The molecule has 0 saturated heterocycles. The Balaban J connectivity index is 1.75. The Bertz CT molecular complexity index is 358. The van der Waals surface area contributed by atoms with Gasteiger partial charge in [-0.25, -0.2) is 4.79 Å². The van der Waals surface area contributed by atoms with Crippen LogP contribution in [-0.2, 0) is 5.75 Å². The van der Waals surface area contributed by atoms with Crippen LogP contribution in [0.15, 0.2) is 16.5 Å². The molecule has 1 heterocycles. The van der Waals surface area contributed by atoms with Crippen molar-refractivity contribution >= 4 is 17.7 Å². The SMILES string of the molecule is CC1CC1CSCc1ccc(C(=O)O)o1. The second-order valence-corrected chi connectivity index (χ2v) is 5.09. The summed E-state index contributed by atoms with van der Waals surface area (Å²) in [5, 5.41) is 8.66. The zero-order valence-corrected chi connectivity index (χ0v) is 9.42. The average Bonchev–Trinajstić information content (AvgIpc) is 2.71.